The number of amides is 2. The number of nitrogens with one attached hydrogen (secondary N) is 1. The Morgan fingerprint density at radius 3 is 2.38 bits per heavy atom. The van der Waals surface area contributed by atoms with Crippen molar-refractivity contribution in [2.24, 2.45) is 0 Å². The van der Waals surface area contributed by atoms with E-state index in [1.54, 1.807) is 6.92 Å². The van der Waals surface area contributed by atoms with E-state index in [9.17, 15) is 22.8 Å². The van der Waals surface area contributed by atoms with E-state index >= 15 is 0 Å². The highest BCUT2D eigenvalue weighted by molar-refractivity contribution is 5.92. The zero-order valence-corrected chi connectivity index (χ0v) is 11.4. The average molecular weight is 304 g/mol. The lowest BCUT2D eigenvalue weighted by atomic mass is 10.1. The van der Waals surface area contributed by atoms with Crippen LogP contribution in [0.5, 0.6) is 0 Å². The highest BCUT2D eigenvalue weighted by atomic mass is 19.4. The van der Waals surface area contributed by atoms with Crippen molar-refractivity contribution in [2.75, 3.05) is 12.4 Å². The van der Waals surface area contributed by atoms with Crippen LogP contribution in [0.3, 0.4) is 0 Å². The molecular formula is C13H15F3N2O3. The molecule has 0 spiro atoms. The van der Waals surface area contributed by atoms with E-state index < -0.39 is 35.5 Å². The first-order valence-electron chi connectivity index (χ1n) is 6.11. The number of para-hydroxylation sites is 1. The maximum Gasteiger partial charge on any atom is 0.418 e. The zero-order valence-electron chi connectivity index (χ0n) is 11.4. The summed E-state index contributed by atoms with van der Waals surface area (Å²) in [5, 5.41) is 11.0. The molecule has 21 heavy (non-hydrogen) atoms. The monoisotopic (exact) mass is 304 g/mol. The van der Waals surface area contributed by atoms with E-state index in [0.717, 1.165) is 17.0 Å². The quantitative estimate of drug-likeness (QED) is 0.898. The van der Waals surface area contributed by atoms with E-state index in [0.29, 0.717) is 0 Å². The Balaban J connectivity index is 2.97. The van der Waals surface area contributed by atoms with Gasteiger partial charge < -0.3 is 15.3 Å². The molecule has 116 valence electrons. The standard InChI is InChI=1S/C13H15F3N2O3/c1-3-10(11(19)20)18(2)12(21)17-9-7-5-4-6-8(9)13(14,15)16/h4-7,10H,3H2,1-2H3,(H,17,21)(H,19,20). The number of likely N-dealkylation sites (N-methyl/N-ethyl adjacent to an activating group) is 1. The molecule has 0 heterocycles. The van der Waals surface area contributed by atoms with E-state index in [1.165, 1.54) is 19.2 Å². The number of carboxylic acids is 1. The van der Waals surface area contributed by atoms with Crippen molar-refractivity contribution >= 4 is 17.7 Å². The summed E-state index contributed by atoms with van der Waals surface area (Å²) in [4.78, 5) is 23.7. The molecule has 1 rings (SSSR count). The number of nitrogens with zero attached hydrogens (tertiary/aromatic N) is 1. The minimum atomic E-state index is -4.61. The Morgan fingerprint density at radius 2 is 1.90 bits per heavy atom. The summed E-state index contributed by atoms with van der Waals surface area (Å²) in [5.74, 6) is -1.22. The van der Waals surface area contributed by atoms with Crippen molar-refractivity contribution < 1.29 is 27.9 Å². The number of rotatable bonds is 4. The minimum absolute atomic E-state index is 0.139. The number of carbonyl (C=O) groups is 2. The topological polar surface area (TPSA) is 69.6 Å². The molecule has 0 bridgehead atoms. The number of halogens is 3. The van der Waals surface area contributed by atoms with Crippen LogP contribution in [-0.2, 0) is 11.0 Å². The molecule has 0 saturated carbocycles. The van der Waals surface area contributed by atoms with Crippen LogP contribution in [0.1, 0.15) is 18.9 Å². The van der Waals surface area contributed by atoms with Gasteiger partial charge in [-0.1, -0.05) is 19.1 Å². The van der Waals surface area contributed by atoms with E-state index in [4.69, 9.17) is 5.11 Å². The van der Waals surface area contributed by atoms with Crippen LogP contribution >= 0.6 is 0 Å². The second-order valence-electron chi connectivity index (χ2n) is 4.35. The van der Waals surface area contributed by atoms with Gasteiger partial charge in [0.15, 0.2) is 0 Å². The Bertz CT molecular complexity index is 532. The summed E-state index contributed by atoms with van der Waals surface area (Å²) in [6, 6.07) is 2.47. The molecule has 0 aliphatic carbocycles. The molecule has 1 aromatic rings. The molecule has 1 atom stereocenters. The molecule has 8 heteroatoms. The number of aliphatic carboxylic acids is 1. The van der Waals surface area contributed by atoms with Gasteiger partial charge >= 0.3 is 18.2 Å². The Labute approximate surface area is 119 Å². The van der Waals surface area contributed by atoms with Crippen LogP contribution < -0.4 is 5.32 Å². The average Bonchev–Trinajstić information content (AvgIpc) is 2.38. The zero-order chi connectivity index (χ0) is 16.2. The van der Waals surface area contributed by atoms with Crippen molar-refractivity contribution in [1.29, 1.82) is 0 Å². The predicted octanol–water partition coefficient (Wildman–Crippen LogP) is 3.03. The molecular weight excluding hydrogens is 289 g/mol. The molecule has 2 amide bonds. The molecule has 1 unspecified atom stereocenters. The maximum atomic E-state index is 12.8. The molecule has 1 aromatic carbocycles. The number of anilines is 1. The van der Waals surface area contributed by atoms with Crippen LogP contribution in [0.25, 0.3) is 0 Å². The van der Waals surface area contributed by atoms with Crippen molar-refractivity contribution in [3.63, 3.8) is 0 Å². The third-order valence-electron chi connectivity index (χ3n) is 2.93. The summed E-state index contributed by atoms with van der Waals surface area (Å²) in [6.07, 6.45) is -4.47. The van der Waals surface area contributed by atoms with Gasteiger partial charge in [0.25, 0.3) is 0 Å². The molecule has 2 N–H and O–H groups in total. The third-order valence-corrected chi connectivity index (χ3v) is 2.93. The fourth-order valence-electron chi connectivity index (χ4n) is 1.80. The molecule has 0 saturated heterocycles. The van der Waals surface area contributed by atoms with Crippen molar-refractivity contribution in [3.8, 4) is 0 Å². The maximum absolute atomic E-state index is 12.8. The number of carbonyl (C=O) groups excluding carboxylic acids is 1. The summed E-state index contributed by atoms with van der Waals surface area (Å²) in [7, 11) is 1.22. The van der Waals surface area contributed by atoms with E-state index in [-0.39, 0.29) is 6.42 Å². The molecule has 0 fully saturated rings. The fraction of sp³-hybridized carbons (Fsp3) is 0.385. The summed E-state index contributed by atoms with van der Waals surface area (Å²) in [6.45, 7) is 1.56. The molecule has 0 aliphatic heterocycles. The highest BCUT2D eigenvalue weighted by Crippen LogP contribution is 2.34. The molecule has 0 radical (unpaired) electrons. The number of hydrogen-bond acceptors (Lipinski definition) is 2. The smallest absolute Gasteiger partial charge is 0.418 e. The summed E-state index contributed by atoms with van der Waals surface area (Å²) >= 11 is 0. The number of carboxylic acid groups (broad SMARTS) is 1. The molecule has 0 aliphatic rings. The lowest BCUT2D eigenvalue weighted by molar-refractivity contribution is -0.142. The minimum Gasteiger partial charge on any atom is -0.480 e. The van der Waals surface area contributed by atoms with Crippen LogP contribution in [0.2, 0.25) is 0 Å². The third kappa shape index (κ3) is 4.11. The lowest BCUT2D eigenvalue weighted by Gasteiger charge is -2.24. The highest BCUT2D eigenvalue weighted by Gasteiger charge is 2.34. The fourth-order valence-corrected chi connectivity index (χ4v) is 1.80. The first-order chi connectivity index (χ1) is 9.68. The second kappa shape index (κ2) is 6.47. The second-order valence-corrected chi connectivity index (χ2v) is 4.35. The van der Waals surface area contributed by atoms with Crippen LogP contribution in [0.4, 0.5) is 23.7 Å². The Morgan fingerprint density at radius 1 is 1.33 bits per heavy atom. The molecule has 5 nitrogen and oxygen atoms in total. The number of alkyl halides is 3. The largest absolute Gasteiger partial charge is 0.480 e. The molecule has 0 aromatic heterocycles. The van der Waals surface area contributed by atoms with Gasteiger partial charge in [-0.05, 0) is 18.6 Å². The van der Waals surface area contributed by atoms with E-state index in [1.807, 2.05) is 0 Å². The van der Waals surface area contributed by atoms with Crippen LogP contribution in [-0.4, -0.2) is 35.1 Å². The van der Waals surface area contributed by atoms with Crippen LogP contribution in [0, 0.1) is 0 Å². The van der Waals surface area contributed by atoms with Crippen molar-refractivity contribution in [1.82, 2.24) is 4.90 Å². The van der Waals surface area contributed by atoms with Gasteiger partial charge in [-0.25, -0.2) is 9.59 Å². The van der Waals surface area contributed by atoms with Gasteiger partial charge in [0, 0.05) is 7.05 Å². The van der Waals surface area contributed by atoms with Crippen molar-refractivity contribution in [3.05, 3.63) is 29.8 Å². The normalized spacial score (nSPS) is 12.6. The van der Waals surface area contributed by atoms with Gasteiger partial charge in [-0.15, -0.1) is 0 Å². The number of hydrogen-bond donors (Lipinski definition) is 2. The number of urea groups is 1. The van der Waals surface area contributed by atoms with E-state index in [2.05, 4.69) is 5.32 Å². The SMILES string of the molecule is CCC(C(=O)O)N(C)C(=O)Nc1ccccc1C(F)(F)F. The van der Waals surface area contributed by atoms with Gasteiger partial charge in [0.1, 0.15) is 6.04 Å². The van der Waals surface area contributed by atoms with Gasteiger partial charge in [0.2, 0.25) is 0 Å². The summed E-state index contributed by atoms with van der Waals surface area (Å²) < 4.78 is 38.4. The Kier molecular flexibility index (Phi) is 5.17. The van der Waals surface area contributed by atoms with Gasteiger partial charge in [-0.3, -0.25) is 0 Å². The lowest BCUT2D eigenvalue weighted by Crippen LogP contribution is -2.44. The van der Waals surface area contributed by atoms with Gasteiger partial charge in [-0.2, -0.15) is 13.2 Å². The first-order valence-corrected chi connectivity index (χ1v) is 6.11. The first kappa shape index (κ1) is 16.8. The van der Waals surface area contributed by atoms with Gasteiger partial charge in [0.05, 0.1) is 11.3 Å². The van der Waals surface area contributed by atoms with Crippen molar-refractivity contribution in [2.45, 2.75) is 25.6 Å². The summed E-state index contributed by atoms with van der Waals surface area (Å²) in [5.41, 5.74) is -1.41. The predicted molar refractivity (Wildman–Crippen MR) is 69.9 cm³/mol. The Hall–Kier alpha value is -2.25. The number of benzene rings is 1. The van der Waals surface area contributed by atoms with Crippen LogP contribution in [0.15, 0.2) is 24.3 Å².